The highest BCUT2D eigenvalue weighted by Crippen LogP contribution is 2.33. The molecule has 1 aliphatic carbocycles. The summed E-state index contributed by atoms with van der Waals surface area (Å²) >= 11 is 1.67. The molecule has 2 aromatic heterocycles. The molecule has 5 rings (SSSR count). The predicted molar refractivity (Wildman–Crippen MR) is 146 cm³/mol. The van der Waals surface area contributed by atoms with Gasteiger partial charge in [0, 0.05) is 40.5 Å². The Morgan fingerprint density at radius 1 is 1.18 bits per heavy atom. The monoisotopic (exact) mass is 551 g/mol. The van der Waals surface area contributed by atoms with Gasteiger partial charge >= 0.3 is 0 Å². The van der Waals surface area contributed by atoms with Crippen molar-refractivity contribution in [3.63, 3.8) is 0 Å². The third-order valence-corrected chi connectivity index (χ3v) is 7.63. The van der Waals surface area contributed by atoms with Crippen LogP contribution in [-0.4, -0.2) is 39.2 Å². The number of aliphatic imine (C=N–C) groups is 1. The van der Waals surface area contributed by atoms with Gasteiger partial charge in [0.2, 0.25) is 11.8 Å². The Morgan fingerprint density at radius 2 is 1.90 bits per heavy atom. The first-order valence-corrected chi connectivity index (χ1v) is 13.2. The van der Waals surface area contributed by atoms with Gasteiger partial charge < -0.3 is 22.1 Å². The predicted octanol–water partition coefficient (Wildman–Crippen LogP) is 3.16. The van der Waals surface area contributed by atoms with E-state index in [0.29, 0.717) is 5.69 Å². The van der Waals surface area contributed by atoms with E-state index in [1.165, 1.54) is 17.5 Å². The van der Waals surface area contributed by atoms with Gasteiger partial charge in [0.25, 0.3) is 0 Å². The van der Waals surface area contributed by atoms with Gasteiger partial charge in [-0.1, -0.05) is 12.1 Å². The molecule has 2 aromatic carbocycles. The summed E-state index contributed by atoms with van der Waals surface area (Å²) in [5.74, 6) is -2.38. The Morgan fingerprint density at radius 3 is 2.59 bits per heavy atom. The number of carbonyl (C=O) groups excluding carboxylic acids is 2. The lowest BCUT2D eigenvalue weighted by Gasteiger charge is -2.18. The first kappa shape index (κ1) is 26.3. The van der Waals surface area contributed by atoms with Crippen molar-refractivity contribution in [1.29, 1.82) is 0 Å². The number of amides is 2. The maximum Gasteiger partial charge on any atom is 0.246 e. The first-order chi connectivity index (χ1) is 18.6. The summed E-state index contributed by atoms with van der Waals surface area (Å²) in [5.41, 5.74) is 14.7. The number of rotatable bonds is 7. The molecule has 12 heteroatoms. The number of nitrogens with two attached hydrogens (primary N) is 2. The number of thiazole rings is 1. The van der Waals surface area contributed by atoms with Crippen LogP contribution in [0, 0.1) is 11.6 Å². The Balaban J connectivity index is 1.21. The molecule has 0 saturated carbocycles. The second-order valence-corrected chi connectivity index (χ2v) is 10.6. The summed E-state index contributed by atoms with van der Waals surface area (Å²) in [5, 5.41) is 5.31. The molecule has 1 aliphatic rings. The van der Waals surface area contributed by atoms with Gasteiger partial charge in [0.15, 0.2) is 10.9 Å². The fourth-order valence-electron chi connectivity index (χ4n) is 4.65. The fraction of sp³-hybridized carbons (Fsp3) is 0.259. The molecule has 0 fully saturated rings. The molecule has 0 saturated heterocycles. The van der Waals surface area contributed by atoms with Crippen LogP contribution in [0.5, 0.6) is 0 Å². The quantitative estimate of drug-likeness (QED) is 0.206. The Kier molecular flexibility index (Phi) is 7.29. The largest absolute Gasteiger partial charge is 0.370 e. The minimum absolute atomic E-state index is 0.0607. The molecule has 2 atom stereocenters. The number of imidazole rings is 1. The highest BCUT2D eigenvalue weighted by atomic mass is 32.1. The lowest BCUT2D eigenvalue weighted by atomic mass is 9.98. The number of nitrogens with zero attached hydrogens (tertiary/aromatic N) is 3. The van der Waals surface area contributed by atoms with Crippen molar-refractivity contribution >= 4 is 39.8 Å². The molecule has 0 radical (unpaired) electrons. The number of fused-ring (bicyclic) bond motifs is 3. The Hall–Kier alpha value is -4.32. The van der Waals surface area contributed by atoms with Crippen LogP contribution in [0.1, 0.15) is 29.5 Å². The molecule has 2 heterocycles. The molecule has 1 unspecified atom stereocenters. The van der Waals surface area contributed by atoms with Crippen LogP contribution in [0.15, 0.2) is 53.7 Å². The van der Waals surface area contributed by atoms with Gasteiger partial charge in [-0.2, -0.15) is 0 Å². The summed E-state index contributed by atoms with van der Waals surface area (Å²) in [6.45, 7) is 1.53. The van der Waals surface area contributed by atoms with E-state index in [2.05, 4.69) is 20.0 Å². The van der Waals surface area contributed by atoms with Crippen LogP contribution < -0.4 is 22.1 Å². The summed E-state index contributed by atoms with van der Waals surface area (Å²) in [4.78, 5) is 36.2. The fourth-order valence-corrected chi connectivity index (χ4v) is 5.80. The van der Waals surface area contributed by atoms with Gasteiger partial charge in [0.05, 0.1) is 18.2 Å². The minimum atomic E-state index is -0.857. The summed E-state index contributed by atoms with van der Waals surface area (Å²) in [6, 6.07) is 9.33. The molecule has 2 amide bonds. The molecule has 9 nitrogen and oxygen atoms in total. The maximum absolute atomic E-state index is 13.4. The maximum atomic E-state index is 13.4. The number of aromatic nitrogens is 2. The number of anilines is 1. The minimum Gasteiger partial charge on any atom is -0.370 e. The van der Waals surface area contributed by atoms with Crippen LogP contribution in [0.25, 0.3) is 16.2 Å². The number of hydrogen-bond donors (Lipinski definition) is 4. The molecule has 6 N–H and O–H groups in total. The van der Waals surface area contributed by atoms with Crippen LogP contribution in [-0.2, 0) is 28.9 Å². The summed E-state index contributed by atoms with van der Waals surface area (Å²) < 4.78 is 28.8. The number of nitrogens with one attached hydrogen (secondary N) is 2. The van der Waals surface area contributed by atoms with E-state index in [1.54, 1.807) is 23.5 Å². The van der Waals surface area contributed by atoms with E-state index in [1.807, 2.05) is 18.3 Å². The van der Waals surface area contributed by atoms with Gasteiger partial charge in [-0.15, -0.1) is 11.3 Å². The van der Waals surface area contributed by atoms with Gasteiger partial charge in [-0.05, 0) is 49.6 Å². The van der Waals surface area contributed by atoms with Crippen molar-refractivity contribution in [1.82, 2.24) is 14.7 Å². The van der Waals surface area contributed by atoms with Gasteiger partial charge in [0.1, 0.15) is 17.7 Å². The van der Waals surface area contributed by atoms with Gasteiger partial charge in [-0.25, -0.2) is 18.8 Å². The molecule has 4 aromatic rings. The SMILES string of the molecule is C[C@H](NC(=O)Cc1cc(F)cc(F)c1)C(=O)Nc1ccc(-c2cn3c4c(sc3n2)CCC(N=C(N)N)C4)cc1. The molecule has 39 heavy (non-hydrogen) atoms. The van der Waals surface area contributed by atoms with Crippen molar-refractivity contribution in [2.45, 2.75) is 44.7 Å². The van der Waals surface area contributed by atoms with E-state index in [4.69, 9.17) is 16.5 Å². The number of aryl methyl sites for hydroxylation is 1. The number of hydrogen-bond acceptors (Lipinski definition) is 5. The van der Waals surface area contributed by atoms with E-state index >= 15 is 0 Å². The van der Waals surface area contributed by atoms with E-state index in [9.17, 15) is 18.4 Å². The van der Waals surface area contributed by atoms with Crippen molar-refractivity contribution in [2.75, 3.05) is 5.32 Å². The third kappa shape index (κ3) is 6.06. The smallest absolute Gasteiger partial charge is 0.246 e. The third-order valence-electron chi connectivity index (χ3n) is 6.47. The average molecular weight is 552 g/mol. The topological polar surface area (TPSA) is 140 Å². The lowest BCUT2D eigenvalue weighted by Crippen LogP contribution is -2.42. The number of halogens is 2. The second kappa shape index (κ2) is 10.8. The van der Waals surface area contributed by atoms with Gasteiger partial charge in [-0.3, -0.25) is 14.0 Å². The molecule has 202 valence electrons. The van der Waals surface area contributed by atoms with Crippen molar-refractivity contribution < 1.29 is 18.4 Å². The van der Waals surface area contributed by atoms with E-state index in [-0.39, 0.29) is 24.0 Å². The highest BCUT2D eigenvalue weighted by molar-refractivity contribution is 7.17. The molecule has 0 bridgehead atoms. The second-order valence-electron chi connectivity index (χ2n) is 9.51. The molecule has 0 spiro atoms. The number of carbonyl (C=O) groups is 2. The molecular weight excluding hydrogens is 524 g/mol. The standard InChI is InChI=1S/C27H27F2N7O2S/c1-14(32-24(37)10-15-8-17(28)11-18(29)9-15)25(38)33-19-4-2-16(3-5-19)21-13-36-22-12-20(34-26(30)31)6-7-23(22)39-27(36)35-21/h2-5,8-9,11,13-14,20H,6-7,10,12H2,1H3,(H,32,37)(H,33,38)(H4,30,31,34)/t14-,20?/m0/s1. The van der Waals surface area contributed by atoms with Crippen LogP contribution in [0.2, 0.25) is 0 Å². The number of benzene rings is 2. The summed E-state index contributed by atoms with van der Waals surface area (Å²) in [6.07, 6.45) is 4.32. The molecule has 0 aliphatic heterocycles. The normalized spacial score (nSPS) is 15.4. The lowest BCUT2D eigenvalue weighted by molar-refractivity contribution is -0.125. The highest BCUT2D eigenvalue weighted by Gasteiger charge is 2.24. The Labute approximate surface area is 226 Å². The number of guanidine groups is 1. The van der Waals surface area contributed by atoms with E-state index in [0.717, 1.165) is 53.7 Å². The van der Waals surface area contributed by atoms with E-state index < -0.39 is 29.5 Å². The zero-order valence-electron chi connectivity index (χ0n) is 21.1. The molecular formula is C27H27F2N7O2S. The zero-order chi connectivity index (χ0) is 27.7. The first-order valence-electron chi connectivity index (χ1n) is 12.4. The van der Waals surface area contributed by atoms with Crippen molar-refractivity contribution in [2.24, 2.45) is 16.5 Å². The van der Waals surface area contributed by atoms with Crippen molar-refractivity contribution in [3.05, 3.63) is 76.4 Å². The summed E-state index contributed by atoms with van der Waals surface area (Å²) in [7, 11) is 0. The van der Waals surface area contributed by atoms with Crippen LogP contribution >= 0.6 is 11.3 Å². The average Bonchev–Trinajstić information content (AvgIpc) is 3.42. The Bertz CT molecular complexity index is 1550. The van der Waals surface area contributed by atoms with Crippen molar-refractivity contribution in [3.8, 4) is 11.3 Å². The zero-order valence-corrected chi connectivity index (χ0v) is 21.9. The van der Waals surface area contributed by atoms with Crippen LogP contribution in [0.3, 0.4) is 0 Å². The van der Waals surface area contributed by atoms with Crippen LogP contribution in [0.4, 0.5) is 14.5 Å².